The SMILES string of the molecule is CCCN(CCC)C(=O)CC(=O)N1CCN(c2cccc(C)c2)CC1. The Morgan fingerprint density at radius 2 is 1.68 bits per heavy atom. The number of carbonyl (C=O) groups excluding carboxylic acids is 2. The van der Waals surface area contributed by atoms with Crippen molar-refractivity contribution in [1.29, 1.82) is 0 Å². The van der Waals surface area contributed by atoms with Gasteiger partial charge >= 0.3 is 0 Å². The maximum Gasteiger partial charge on any atom is 0.232 e. The van der Waals surface area contributed by atoms with Gasteiger partial charge in [0.05, 0.1) is 0 Å². The maximum absolute atomic E-state index is 12.5. The van der Waals surface area contributed by atoms with Crippen LogP contribution in [0.1, 0.15) is 38.7 Å². The van der Waals surface area contributed by atoms with Crippen LogP contribution in [-0.4, -0.2) is 60.9 Å². The number of nitrogens with zero attached hydrogens (tertiary/aromatic N) is 3. The molecule has 0 N–H and O–H groups in total. The van der Waals surface area contributed by atoms with Gasteiger partial charge in [-0.1, -0.05) is 26.0 Å². The lowest BCUT2D eigenvalue weighted by atomic mass is 10.2. The Balaban J connectivity index is 1.85. The van der Waals surface area contributed by atoms with Gasteiger partial charge in [0, 0.05) is 45.0 Å². The van der Waals surface area contributed by atoms with Crippen molar-refractivity contribution in [2.45, 2.75) is 40.0 Å². The third kappa shape index (κ3) is 5.48. The van der Waals surface area contributed by atoms with E-state index in [2.05, 4.69) is 49.9 Å². The van der Waals surface area contributed by atoms with E-state index in [1.165, 1.54) is 11.3 Å². The first-order valence-corrected chi connectivity index (χ1v) is 9.42. The zero-order chi connectivity index (χ0) is 18.2. The highest BCUT2D eigenvalue weighted by atomic mass is 16.2. The second-order valence-corrected chi connectivity index (χ2v) is 6.76. The average molecular weight is 345 g/mol. The predicted molar refractivity (Wildman–Crippen MR) is 102 cm³/mol. The summed E-state index contributed by atoms with van der Waals surface area (Å²) < 4.78 is 0. The summed E-state index contributed by atoms with van der Waals surface area (Å²) in [5, 5.41) is 0. The van der Waals surface area contributed by atoms with Crippen LogP contribution in [0.2, 0.25) is 0 Å². The van der Waals surface area contributed by atoms with Crippen molar-refractivity contribution in [1.82, 2.24) is 9.80 Å². The maximum atomic E-state index is 12.5. The fraction of sp³-hybridized carbons (Fsp3) is 0.600. The molecule has 0 aliphatic carbocycles. The largest absolute Gasteiger partial charge is 0.368 e. The normalized spacial score (nSPS) is 14.5. The van der Waals surface area contributed by atoms with E-state index in [0.29, 0.717) is 13.1 Å². The predicted octanol–water partition coefficient (Wildman–Crippen LogP) is 2.68. The van der Waals surface area contributed by atoms with E-state index in [1.54, 1.807) is 0 Å². The molecule has 1 aliphatic heterocycles. The minimum atomic E-state index is -0.0360. The van der Waals surface area contributed by atoms with Gasteiger partial charge in [-0.3, -0.25) is 9.59 Å². The number of amides is 2. The van der Waals surface area contributed by atoms with E-state index in [-0.39, 0.29) is 18.2 Å². The van der Waals surface area contributed by atoms with Crippen molar-refractivity contribution in [3.8, 4) is 0 Å². The molecule has 0 aromatic heterocycles. The minimum absolute atomic E-state index is 0.00441. The van der Waals surface area contributed by atoms with Crippen LogP contribution in [0.3, 0.4) is 0 Å². The Hall–Kier alpha value is -2.04. The Morgan fingerprint density at radius 1 is 1.04 bits per heavy atom. The highest BCUT2D eigenvalue weighted by Gasteiger charge is 2.24. The van der Waals surface area contributed by atoms with Crippen molar-refractivity contribution in [2.75, 3.05) is 44.2 Å². The number of piperazine rings is 1. The molecule has 1 fully saturated rings. The van der Waals surface area contributed by atoms with Gasteiger partial charge in [-0.2, -0.15) is 0 Å². The molecular formula is C20H31N3O2. The molecule has 0 radical (unpaired) electrons. The standard InChI is InChI=1S/C20H31N3O2/c1-4-9-22(10-5-2)19(24)16-20(25)23-13-11-21(12-14-23)18-8-6-7-17(3)15-18/h6-8,15H,4-5,9-14,16H2,1-3H3. The van der Waals surface area contributed by atoms with Crippen molar-refractivity contribution in [3.05, 3.63) is 29.8 Å². The summed E-state index contributed by atoms with van der Waals surface area (Å²) >= 11 is 0. The summed E-state index contributed by atoms with van der Waals surface area (Å²) in [4.78, 5) is 30.8. The minimum Gasteiger partial charge on any atom is -0.368 e. The molecule has 1 aromatic carbocycles. The number of aryl methyl sites for hydroxylation is 1. The molecule has 1 aromatic rings. The quantitative estimate of drug-likeness (QED) is 0.714. The van der Waals surface area contributed by atoms with E-state index < -0.39 is 0 Å². The Labute approximate surface area is 151 Å². The Morgan fingerprint density at radius 3 is 2.24 bits per heavy atom. The summed E-state index contributed by atoms with van der Waals surface area (Å²) in [6, 6.07) is 8.44. The van der Waals surface area contributed by atoms with Gasteiger partial charge in [-0.05, 0) is 37.5 Å². The average Bonchev–Trinajstić information content (AvgIpc) is 2.61. The molecule has 5 nitrogen and oxygen atoms in total. The smallest absolute Gasteiger partial charge is 0.232 e. The number of hydrogen-bond acceptors (Lipinski definition) is 3. The zero-order valence-electron chi connectivity index (χ0n) is 15.8. The van der Waals surface area contributed by atoms with Crippen LogP contribution in [0.4, 0.5) is 5.69 Å². The van der Waals surface area contributed by atoms with E-state index in [9.17, 15) is 9.59 Å². The number of hydrogen-bond donors (Lipinski definition) is 0. The lowest BCUT2D eigenvalue weighted by molar-refractivity contribution is -0.140. The molecule has 0 spiro atoms. The number of carbonyl (C=O) groups is 2. The van der Waals surface area contributed by atoms with Gasteiger partial charge in [0.15, 0.2) is 0 Å². The van der Waals surface area contributed by atoms with E-state index in [0.717, 1.165) is 39.0 Å². The van der Waals surface area contributed by atoms with Gasteiger partial charge in [0.2, 0.25) is 11.8 Å². The molecule has 0 bridgehead atoms. The Kier molecular flexibility index (Phi) is 7.29. The van der Waals surface area contributed by atoms with Crippen LogP contribution in [0.5, 0.6) is 0 Å². The van der Waals surface area contributed by atoms with Gasteiger partial charge in [0.25, 0.3) is 0 Å². The van der Waals surface area contributed by atoms with Gasteiger partial charge in [0.1, 0.15) is 6.42 Å². The van der Waals surface area contributed by atoms with Gasteiger partial charge in [-0.15, -0.1) is 0 Å². The highest BCUT2D eigenvalue weighted by molar-refractivity contribution is 5.97. The van der Waals surface area contributed by atoms with Crippen molar-refractivity contribution < 1.29 is 9.59 Å². The molecule has 25 heavy (non-hydrogen) atoms. The van der Waals surface area contributed by atoms with Crippen LogP contribution in [-0.2, 0) is 9.59 Å². The highest BCUT2D eigenvalue weighted by Crippen LogP contribution is 2.18. The van der Waals surface area contributed by atoms with E-state index >= 15 is 0 Å². The summed E-state index contributed by atoms with van der Waals surface area (Å²) in [6.07, 6.45) is 1.86. The third-order valence-electron chi connectivity index (χ3n) is 4.64. The molecule has 1 heterocycles. The summed E-state index contributed by atoms with van der Waals surface area (Å²) in [7, 11) is 0. The molecule has 138 valence electrons. The first-order valence-electron chi connectivity index (χ1n) is 9.42. The third-order valence-corrected chi connectivity index (χ3v) is 4.64. The molecule has 0 unspecified atom stereocenters. The molecule has 5 heteroatoms. The topological polar surface area (TPSA) is 43.9 Å². The van der Waals surface area contributed by atoms with Crippen molar-refractivity contribution >= 4 is 17.5 Å². The lowest BCUT2D eigenvalue weighted by Crippen LogP contribution is -2.50. The van der Waals surface area contributed by atoms with E-state index in [4.69, 9.17) is 0 Å². The Bertz CT molecular complexity index is 574. The molecular weight excluding hydrogens is 314 g/mol. The fourth-order valence-corrected chi connectivity index (χ4v) is 3.29. The van der Waals surface area contributed by atoms with Crippen LogP contribution in [0.15, 0.2) is 24.3 Å². The van der Waals surface area contributed by atoms with Crippen LogP contribution in [0, 0.1) is 6.92 Å². The molecule has 0 atom stereocenters. The molecule has 2 rings (SSSR count). The summed E-state index contributed by atoms with van der Waals surface area (Å²) in [5.74, 6) is -0.0686. The molecule has 1 saturated heterocycles. The summed E-state index contributed by atoms with van der Waals surface area (Å²) in [5.41, 5.74) is 2.45. The van der Waals surface area contributed by atoms with Gasteiger partial charge in [-0.25, -0.2) is 0 Å². The van der Waals surface area contributed by atoms with Gasteiger partial charge < -0.3 is 14.7 Å². The van der Waals surface area contributed by atoms with Crippen LogP contribution < -0.4 is 4.90 Å². The number of anilines is 1. The first-order chi connectivity index (χ1) is 12.0. The van der Waals surface area contributed by atoms with Crippen LogP contribution >= 0.6 is 0 Å². The van der Waals surface area contributed by atoms with Crippen molar-refractivity contribution in [3.63, 3.8) is 0 Å². The lowest BCUT2D eigenvalue weighted by Gasteiger charge is -2.36. The zero-order valence-corrected chi connectivity index (χ0v) is 15.8. The number of benzene rings is 1. The fourth-order valence-electron chi connectivity index (χ4n) is 3.29. The second-order valence-electron chi connectivity index (χ2n) is 6.76. The molecule has 1 aliphatic rings. The van der Waals surface area contributed by atoms with Crippen molar-refractivity contribution in [2.24, 2.45) is 0 Å². The van der Waals surface area contributed by atoms with Crippen LogP contribution in [0.25, 0.3) is 0 Å². The van der Waals surface area contributed by atoms with E-state index in [1.807, 2.05) is 9.80 Å². The molecule has 0 saturated carbocycles. The molecule has 2 amide bonds. The monoisotopic (exact) mass is 345 g/mol. The first kappa shape index (κ1) is 19.3. The second kappa shape index (κ2) is 9.44. The summed E-state index contributed by atoms with van der Waals surface area (Å²) in [6.45, 7) is 10.7. The number of rotatable bonds is 7.